The number of H-pyrrole nitrogens is 1. The molecule has 1 aliphatic rings. The van der Waals surface area contributed by atoms with Crippen LogP contribution < -0.4 is 0 Å². The molecule has 0 bridgehead atoms. The van der Waals surface area contributed by atoms with Crippen molar-refractivity contribution in [1.29, 1.82) is 0 Å². The molecule has 1 aromatic heterocycles. The van der Waals surface area contributed by atoms with Crippen LogP contribution in [-0.2, 0) is 6.42 Å². The maximum Gasteiger partial charge on any atom is 0.144 e. The van der Waals surface area contributed by atoms with Crippen LogP contribution in [0, 0.1) is 17.5 Å². The maximum absolute atomic E-state index is 5.12. The summed E-state index contributed by atoms with van der Waals surface area (Å²) in [6.07, 6.45) is 3.74. The Hall–Kier alpha value is -0.220. The van der Waals surface area contributed by atoms with E-state index in [4.69, 9.17) is 12.2 Å². The monoisotopic (exact) mass is 258 g/mol. The molecule has 4 heteroatoms. The van der Waals surface area contributed by atoms with E-state index in [9.17, 15) is 0 Å². The molecule has 70 valence electrons. The molecule has 1 N–H and O–H groups in total. The van der Waals surface area contributed by atoms with Crippen molar-refractivity contribution in [3.8, 4) is 0 Å². The van der Waals surface area contributed by atoms with Crippen molar-refractivity contribution in [3.05, 3.63) is 20.6 Å². The summed E-state index contributed by atoms with van der Waals surface area (Å²) in [6.45, 7) is 2.01. The summed E-state index contributed by atoms with van der Waals surface area (Å²) in [4.78, 5) is 7.59. The van der Waals surface area contributed by atoms with Crippen molar-refractivity contribution < 1.29 is 0 Å². The second-order valence-corrected chi connectivity index (χ2v) is 4.75. The van der Waals surface area contributed by atoms with Crippen LogP contribution >= 0.6 is 28.1 Å². The second-order valence-electron chi connectivity index (χ2n) is 3.58. The van der Waals surface area contributed by atoms with E-state index < -0.39 is 0 Å². The summed E-state index contributed by atoms with van der Waals surface area (Å²) in [5.41, 5.74) is 1.08. The molecular weight excluding hydrogens is 248 g/mol. The van der Waals surface area contributed by atoms with Gasteiger partial charge in [0.25, 0.3) is 0 Å². The van der Waals surface area contributed by atoms with Gasteiger partial charge in [-0.15, -0.1) is 0 Å². The molecule has 0 atom stereocenters. The van der Waals surface area contributed by atoms with Crippen LogP contribution in [0.4, 0.5) is 0 Å². The largest absolute Gasteiger partial charge is 0.346 e. The first-order valence-corrected chi connectivity index (χ1v) is 5.62. The predicted molar refractivity (Wildman–Crippen MR) is 58.3 cm³/mol. The quantitative estimate of drug-likeness (QED) is 0.826. The van der Waals surface area contributed by atoms with Crippen LogP contribution in [0.5, 0.6) is 0 Å². The molecule has 13 heavy (non-hydrogen) atoms. The van der Waals surface area contributed by atoms with E-state index in [1.165, 1.54) is 12.8 Å². The smallest absolute Gasteiger partial charge is 0.144 e. The van der Waals surface area contributed by atoms with Crippen LogP contribution in [0.2, 0.25) is 0 Å². The Morgan fingerprint density at radius 1 is 1.62 bits per heavy atom. The minimum Gasteiger partial charge on any atom is -0.346 e. The highest BCUT2D eigenvalue weighted by molar-refractivity contribution is 9.10. The highest BCUT2D eigenvalue weighted by Gasteiger charge is 2.22. The second kappa shape index (κ2) is 3.50. The Labute approximate surface area is 90.9 Å². The van der Waals surface area contributed by atoms with Gasteiger partial charge in [0, 0.05) is 12.1 Å². The molecule has 1 fully saturated rings. The number of hydrogen-bond donors (Lipinski definition) is 1. The topological polar surface area (TPSA) is 28.7 Å². The standard InChI is InChI=1S/C9H11BrN2S/c1-5-8(10)9(13)12-7(11-5)4-6-2-3-6/h6H,2-4H2,1H3,(H,11,12,13). The van der Waals surface area contributed by atoms with Gasteiger partial charge >= 0.3 is 0 Å². The first kappa shape index (κ1) is 9.34. The molecule has 0 unspecified atom stereocenters. The zero-order chi connectivity index (χ0) is 9.42. The molecule has 0 amide bonds. The SMILES string of the molecule is Cc1[nH]c(CC2CC2)nc(=S)c1Br. The van der Waals surface area contributed by atoms with Gasteiger partial charge in [-0.25, -0.2) is 4.98 Å². The lowest BCUT2D eigenvalue weighted by molar-refractivity contribution is 0.759. The molecule has 0 spiro atoms. The summed E-state index contributed by atoms with van der Waals surface area (Å²) >= 11 is 8.52. The van der Waals surface area contributed by atoms with E-state index in [0.717, 1.165) is 28.3 Å². The fourth-order valence-corrected chi connectivity index (χ4v) is 1.77. The minimum atomic E-state index is 0.673. The molecule has 1 aliphatic carbocycles. The summed E-state index contributed by atoms with van der Waals surface area (Å²) in [6, 6.07) is 0. The molecule has 2 rings (SSSR count). The van der Waals surface area contributed by atoms with Crippen LogP contribution in [0.1, 0.15) is 24.4 Å². The Bertz CT molecular complexity index is 382. The average Bonchev–Trinajstić information content (AvgIpc) is 2.84. The molecule has 2 nitrogen and oxygen atoms in total. The predicted octanol–water partition coefficient (Wildman–Crippen LogP) is 3.16. The highest BCUT2D eigenvalue weighted by atomic mass is 79.9. The van der Waals surface area contributed by atoms with E-state index in [0.29, 0.717) is 4.64 Å². The average molecular weight is 259 g/mol. The Morgan fingerprint density at radius 3 is 2.85 bits per heavy atom. The van der Waals surface area contributed by atoms with Gasteiger partial charge in [-0.3, -0.25) is 0 Å². The summed E-state index contributed by atoms with van der Waals surface area (Å²) in [5, 5.41) is 0. The van der Waals surface area contributed by atoms with Crippen molar-refractivity contribution in [3.63, 3.8) is 0 Å². The van der Waals surface area contributed by atoms with Gasteiger partial charge in [0.15, 0.2) is 0 Å². The van der Waals surface area contributed by atoms with E-state index in [1.807, 2.05) is 6.92 Å². The number of aryl methyl sites for hydroxylation is 1. The number of rotatable bonds is 2. The molecule has 0 aromatic carbocycles. The number of nitrogens with zero attached hydrogens (tertiary/aromatic N) is 1. The minimum absolute atomic E-state index is 0.673. The van der Waals surface area contributed by atoms with Crippen LogP contribution in [0.15, 0.2) is 4.47 Å². The normalized spacial score (nSPS) is 16.2. The fourth-order valence-electron chi connectivity index (χ4n) is 1.32. The molecular formula is C9H11BrN2S. The van der Waals surface area contributed by atoms with Crippen molar-refractivity contribution in [1.82, 2.24) is 9.97 Å². The summed E-state index contributed by atoms with van der Waals surface area (Å²) < 4.78 is 1.59. The van der Waals surface area contributed by atoms with Crippen molar-refractivity contribution in [2.24, 2.45) is 5.92 Å². The zero-order valence-corrected chi connectivity index (χ0v) is 9.83. The Morgan fingerprint density at radius 2 is 2.31 bits per heavy atom. The van der Waals surface area contributed by atoms with E-state index in [2.05, 4.69) is 25.9 Å². The van der Waals surface area contributed by atoms with Crippen molar-refractivity contribution >= 4 is 28.1 Å². The molecule has 1 saturated carbocycles. The highest BCUT2D eigenvalue weighted by Crippen LogP contribution is 2.31. The lowest BCUT2D eigenvalue weighted by Gasteiger charge is -2.03. The van der Waals surface area contributed by atoms with Crippen molar-refractivity contribution in [2.75, 3.05) is 0 Å². The molecule has 0 radical (unpaired) electrons. The lowest BCUT2D eigenvalue weighted by Crippen LogP contribution is -1.99. The number of halogens is 1. The van der Waals surface area contributed by atoms with Crippen LogP contribution in [0.3, 0.4) is 0 Å². The number of hydrogen-bond acceptors (Lipinski definition) is 2. The van der Waals surface area contributed by atoms with Gasteiger partial charge < -0.3 is 4.98 Å². The van der Waals surface area contributed by atoms with Gasteiger partial charge in [-0.05, 0) is 41.6 Å². The lowest BCUT2D eigenvalue weighted by atomic mass is 10.3. The Balaban J connectivity index is 2.31. The zero-order valence-electron chi connectivity index (χ0n) is 7.43. The number of aromatic amines is 1. The van der Waals surface area contributed by atoms with Gasteiger partial charge in [0.05, 0.1) is 4.47 Å². The third-order valence-corrected chi connectivity index (χ3v) is 3.79. The third-order valence-electron chi connectivity index (χ3n) is 2.26. The summed E-state index contributed by atoms with van der Waals surface area (Å²) in [5.74, 6) is 1.88. The number of aromatic nitrogens is 2. The molecule has 0 aliphatic heterocycles. The first-order valence-electron chi connectivity index (χ1n) is 4.42. The maximum atomic E-state index is 5.12. The fraction of sp³-hybridized carbons (Fsp3) is 0.556. The first-order chi connectivity index (χ1) is 6.16. The van der Waals surface area contributed by atoms with E-state index >= 15 is 0 Å². The van der Waals surface area contributed by atoms with Gasteiger partial charge in [0.1, 0.15) is 10.5 Å². The van der Waals surface area contributed by atoms with Crippen LogP contribution in [0.25, 0.3) is 0 Å². The van der Waals surface area contributed by atoms with Gasteiger partial charge in [-0.1, -0.05) is 12.2 Å². The molecule has 0 saturated heterocycles. The van der Waals surface area contributed by atoms with Gasteiger partial charge in [0.2, 0.25) is 0 Å². The Kier molecular flexibility index (Phi) is 2.51. The third kappa shape index (κ3) is 2.17. The van der Waals surface area contributed by atoms with Crippen LogP contribution in [-0.4, -0.2) is 9.97 Å². The molecule has 1 heterocycles. The number of nitrogens with one attached hydrogen (secondary N) is 1. The molecule has 1 aromatic rings. The van der Waals surface area contributed by atoms with Crippen molar-refractivity contribution in [2.45, 2.75) is 26.2 Å². The van der Waals surface area contributed by atoms with E-state index in [-0.39, 0.29) is 0 Å². The van der Waals surface area contributed by atoms with E-state index in [1.54, 1.807) is 0 Å². The van der Waals surface area contributed by atoms with Gasteiger partial charge in [-0.2, -0.15) is 0 Å². The summed E-state index contributed by atoms with van der Waals surface area (Å²) in [7, 11) is 0.